The lowest BCUT2D eigenvalue weighted by molar-refractivity contribution is -0.105. The molecule has 3 aromatic rings. The Hall–Kier alpha value is -2.90. The highest BCUT2D eigenvalue weighted by Gasteiger charge is 2.31. The van der Waals surface area contributed by atoms with E-state index in [0.29, 0.717) is 37.2 Å². The van der Waals surface area contributed by atoms with E-state index in [4.69, 9.17) is 30.5 Å². The van der Waals surface area contributed by atoms with Crippen LogP contribution < -0.4 is 4.74 Å². The van der Waals surface area contributed by atoms with E-state index in [1.54, 1.807) is 17.4 Å². The van der Waals surface area contributed by atoms with Gasteiger partial charge in [0.05, 0.1) is 41.6 Å². The van der Waals surface area contributed by atoms with Crippen molar-refractivity contribution >= 4 is 28.7 Å². The third-order valence-electron chi connectivity index (χ3n) is 6.55. The Kier molecular flexibility index (Phi) is 10.8. The van der Waals surface area contributed by atoms with Crippen molar-refractivity contribution in [2.45, 2.75) is 51.9 Å². The summed E-state index contributed by atoms with van der Waals surface area (Å²) in [6, 6.07) is 14.2. The first-order valence-electron chi connectivity index (χ1n) is 13.2. The molecule has 0 N–H and O–H groups in total. The second-order valence-electron chi connectivity index (χ2n) is 9.64. The second kappa shape index (κ2) is 14.5. The van der Waals surface area contributed by atoms with Crippen LogP contribution in [-0.2, 0) is 27.2 Å². The lowest BCUT2D eigenvalue weighted by atomic mass is 9.89. The summed E-state index contributed by atoms with van der Waals surface area (Å²) in [5.41, 5.74) is 3.13. The summed E-state index contributed by atoms with van der Waals surface area (Å²) < 4.78 is 24.2. The first kappa shape index (κ1) is 29.1. The summed E-state index contributed by atoms with van der Waals surface area (Å²) >= 11 is 8.33. The second-order valence-corrected chi connectivity index (χ2v) is 11.2. The van der Waals surface area contributed by atoms with E-state index in [0.717, 1.165) is 50.9 Å². The minimum Gasteiger partial charge on any atom is -0.489 e. The Balaban J connectivity index is 1.53. The van der Waals surface area contributed by atoms with Crippen LogP contribution in [0.1, 0.15) is 59.4 Å². The zero-order valence-electron chi connectivity index (χ0n) is 22.6. The molecule has 39 heavy (non-hydrogen) atoms. The predicted octanol–water partition coefficient (Wildman–Crippen LogP) is 8.55. The number of halogens is 1. The Morgan fingerprint density at radius 3 is 2.77 bits per heavy atom. The molecule has 2 heterocycles. The predicted molar refractivity (Wildman–Crippen MR) is 159 cm³/mol. The number of nitrogens with zero attached hydrogens (tertiary/aromatic N) is 1. The molecule has 1 aliphatic rings. The highest BCUT2D eigenvalue weighted by atomic mass is 35.5. The van der Waals surface area contributed by atoms with Crippen molar-refractivity contribution in [3.8, 4) is 5.75 Å². The molecule has 0 bridgehead atoms. The number of aromatic nitrogens is 1. The summed E-state index contributed by atoms with van der Waals surface area (Å²) in [6.45, 7) is 13.1. The Morgan fingerprint density at radius 1 is 1.21 bits per heavy atom. The van der Waals surface area contributed by atoms with Gasteiger partial charge in [0.1, 0.15) is 18.1 Å². The summed E-state index contributed by atoms with van der Waals surface area (Å²) in [7, 11) is 0. The standard InChI is InChI=1S/C32H36ClNO4S/c1-5-13-37-29-18-27(33)24(17-32-34-19-31(39-32)28(6-2)36-7-3)16-26(29)30-15-22(4)14-25(38-30)21-35-20-23-11-9-8-10-12-23/h5-12,16,18-19,22,25,30H,1,3,13-15,17,20-21H2,2,4H3/b28-6-. The lowest BCUT2D eigenvalue weighted by Crippen LogP contribution is -2.31. The molecule has 0 spiro atoms. The molecule has 1 aromatic heterocycles. The van der Waals surface area contributed by atoms with Crippen molar-refractivity contribution in [1.29, 1.82) is 0 Å². The third kappa shape index (κ3) is 8.05. The summed E-state index contributed by atoms with van der Waals surface area (Å²) in [5, 5.41) is 1.57. The smallest absolute Gasteiger partial charge is 0.141 e. The van der Waals surface area contributed by atoms with Crippen LogP contribution >= 0.6 is 22.9 Å². The van der Waals surface area contributed by atoms with Gasteiger partial charge in [-0.2, -0.15) is 0 Å². The average molecular weight is 566 g/mol. The van der Waals surface area contributed by atoms with E-state index in [2.05, 4.69) is 43.3 Å². The number of allylic oxidation sites excluding steroid dienone is 1. The van der Waals surface area contributed by atoms with Gasteiger partial charge in [-0.25, -0.2) is 4.98 Å². The van der Waals surface area contributed by atoms with Crippen molar-refractivity contribution in [3.63, 3.8) is 0 Å². The Bertz CT molecular complexity index is 1270. The maximum atomic E-state index is 6.76. The number of thiazole rings is 1. The fourth-order valence-corrected chi connectivity index (χ4v) is 5.93. The number of ether oxygens (including phenoxy) is 4. The molecule has 4 rings (SSSR count). The molecule has 2 aromatic carbocycles. The first-order chi connectivity index (χ1) is 19.0. The van der Waals surface area contributed by atoms with Gasteiger partial charge in [0.2, 0.25) is 0 Å². The highest BCUT2D eigenvalue weighted by Crippen LogP contribution is 2.41. The van der Waals surface area contributed by atoms with Gasteiger partial charge in [-0.3, -0.25) is 0 Å². The van der Waals surface area contributed by atoms with Gasteiger partial charge in [0, 0.05) is 23.2 Å². The maximum absolute atomic E-state index is 6.76. The van der Waals surface area contributed by atoms with E-state index >= 15 is 0 Å². The molecule has 7 heteroatoms. The summed E-state index contributed by atoms with van der Waals surface area (Å²) in [5.74, 6) is 1.94. The topological polar surface area (TPSA) is 49.8 Å². The largest absolute Gasteiger partial charge is 0.489 e. The minimum absolute atomic E-state index is 0.000484. The lowest BCUT2D eigenvalue weighted by Gasteiger charge is -2.35. The molecule has 0 amide bonds. The van der Waals surface area contributed by atoms with Gasteiger partial charge in [0.25, 0.3) is 0 Å². The molecule has 1 fully saturated rings. The SMILES string of the molecule is C=CCOc1cc(Cl)c(Cc2ncc(/C(=C/C)OC=C)s2)cc1C1CC(C)CC(COCc2ccccc2)O1. The zero-order chi connectivity index (χ0) is 27.6. The molecule has 1 aliphatic heterocycles. The minimum atomic E-state index is -0.127. The number of hydrogen-bond donors (Lipinski definition) is 0. The molecular weight excluding hydrogens is 530 g/mol. The molecule has 0 saturated carbocycles. The number of benzene rings is 2. The van der Waals surface area contributed by atoms with Crippen molar-refractivity contribution in [2.75, 3.05) is 13.2 Å². The number of rotatable bonds is 13. The van der Waals surface area contributed by atoms with Crippen LogP contribution in [0.15, 0.2) is 80.2 Å². The van der Waals surface area contributed by atoms with Crippen molar-refractivity contribution < 1.29 is 18.9 Å². The normalized spacial score (nSPS) is 19.5. The fourth-order valence-electron chi connectivity index (χ4n) is 4.75. The van der Waals surface area contributed by atoms with Crippen LogP contribution in [0.2, 0.25) is 5.02 Å². The summed E-state index contributed by atoms with van der Waals surface area (Å²) in [6.07, 6.45) is 9.19. The van der Waals surface area contributed by atoms with Crippen LogP contribution in [0.5, 0.6) is 5.75 Å². The van der Waals surface area contributed by atoms with E-state index in [1.165, 1.54) is 6.26 Å². The monoisotopic (exact) mass is 565 g/mol. The summed E-state index contributed by atoms with van der Waals surface area (Å²) in [4.78, 5) is 5.56. The maximum Gasteiger partial charge on any atom is 0.141 e. The molecular formula is C32H36ClNO4S. The van der Waals surface area contributed by atoms with Gasteiger partial charge in [0.15, 0.2) is 0 Å². The molecule has 0 aliphatic carbocycles. The molecule has 5 nitrogen and oxygen atoms in total. The van der Waals surface area contributed by atoms with Crippen LogP contribution in [0.4, 0.5) is 0 Å². The molecule has 206 valence electrons. The van der Waals surface area contributed by atoms with Crippen molar-refractivity contribution in [2.24, 2.45) is 5.92 Å². The zero-order valence-corrected chi connectivity index (χ0v) is 24.2. The third-order valence-corrected chi connectivity index (χ3v) is 7.91. The van der Waals surface area contributed by atoms with Crippen LogP contribution in [-0.4, -0.2) is 24.3 Å². The molecule has 3 atom stereocenters. The molecule has 3 unspecified atom stereocenters. The van der Waals surface area contributed by atoms with Crippen LogP contribution in [0.3, 0.4) is 0 Å². The van der Waals surface area contributed by atoms with Crippen molar-refractivity contribution in [3.05, 3.63) is 112 Å². The van der Waals surface area contributed by atoms with E-state index in [1.807, 2.05) is 43.5 Å². The van der Waals surface area contributed by atoms with Gasteiger partial charge >= 0.3 is 0 Å². The fraction of sp³-hybridized carbons (Fsp3) is 0.344. The average Bonchev–Trinajstić information content (AvgIpc) is 3.40. The van der Waals surface area contributed by atoms with Crippen LogP contribution in [0.25, 0.3) is 5.76 Å². The van der Waals surface area contributed by atoms with Crippen LogP contribution in [0, 0.1) is 5.92 Å². The van der Waals surface area contributed by atoms with E-state index in [9.17, 15) is 0 Å². The quantitative estimate of drug-likeness (QED) is 0.153. The van der Waals surface area contributed by atoms with E-state index in [-0.39, 0.29) is 12.2 Å². The molecule has 0 radical (unpaired) electrons. The Morgan fingerprint density at radius 2 is 2.03 bits per heavy atom. The van der Waals surface area contributed by atoms with Gasteiger partial charge in [-0.05, 0) is 55.0 Å². The highest BCUT2D eigenvalue weighted by molar-refractivity contribution is 7.12. The number of hydrogen-bond acceptors (Lipinski definition) is 6. The first-order valence-corrected chi connectivity index (χ1v) is 14.4. The Labute approximate surface area is 240 Å². The van der Waals surface area contributed by atoms with Crippen molar-refractivity contribution in [1.82, 2.24) is 4.98 Å². The molecule has 1 saturated heterocycles. The van der Waals surface area contributed by atoms with Gasteiger partial charge in [-0.1, -0.05) is 68.1 Å². The van der Waals surface area contributed by atoms with Gasteiger partial charge in [-0.15, -0.1) is 11.3 Å². The van der Waals surface area contributed by atoms with E-state index < -0.39 is 0 Å². The van der Waals surface area contributed by atoms with Gasteiger partial charge < -0.3 is 18.9 Å².